The van der Waals surface area contributed by atoms with Gasteiger partial charge in [-0.25, -0.2) is 9.97 Å². The molecule has 0 spiro atoms. The maximum atomic E-state index is 12.8. The minimum atomic E-state index is -0.229. The number of H-pyrrole nitrogens is 1. The van der Waals surface area contributed by atoms with Crippen LogP contribution in [0.15, 0.2) is 58.1 Å². The van der Waals surface area contributed by atoms with Crippen molar-refractivity contribution < 1.29 is 4.79 Å². The number of aromatic nitrogens is 4. The number of nitrogens with one attached hydrogen (secondary N) is 2. The van der Waals surface area contributed by atoms with E-state index in [4.69, 9.17) is 0 Å². The molecular weight excluding hydrogens is 458 g/mol. The number of aryl methyl sites for hydroxylation is 1. The molecule has 0 saturated heterocycles. The second-order valence-electron chi connectivity index (χ2n) is 7.72. The van der Waals surface area contributed by atoms with Crippen LogP contribution in [0.4, 0.5) is 0 Å². The third kappa shape index (κ3) is 4.54. The summed E-state index contributed by atoms with van der Waals surface area (Å²) in [6, 6.07) is 13.0. The van der Waals surface area contributed by atoms with E-state index >= 15 is 0 Å². The normalized spacial score (nSPS) is 13.4. The van der Waals surface area contributed by atoms with Crippen LogP contribution in [-0.4, -0.2) is 25.4 Å². The van der Waals surface area contributed by atoms with Gasteiger partial charge in [-0.3, -0.25) is 14.2 Å². The van der Waals surface area contributed by atoms with Gasteiger partial charge < -0.3 is 10.3 Å². The van der Waals surface area contributed by atoms with Gasteiger partial charge in [0, 0.05) is 17.4 Å². The Morgan fingerprint density at radius 3 is 2.81 bits per heavy atom. The monoisotopic (exact) mass is 481 g/mol. The molecule has 0 aliphatic carbocycles. The van der Waals surface area contributed by atoms with E-state index in [2.05, 4.69) is 50.0 Å². The molecule has 2 N–H and O–H groups in total. The van der Waals surface area contributed by atoms with Crippen molar-refractivity contribution in [2.24, 2.45) is 5.92 Å². The predicted molar refractivity (Wildman–Crippen MR) is 125 cm³/mol. The summed E-state index contributed by atoms with van der Waals surface area (Å²) >= 11 is 3.39. The van der Waals surface area contributed by atoms with Crippen LogP contribution in [-0.2, 0) is 11.3 Å². The highest BCUT2D eigenvalue weighted by Gasteiger charge is 2.23. The summed E-state index contributed by atoms with van der Waals surface area (Å²) < 4.78 is 2.30. The minimum absolute atomic E-state index is 0.132. The van der Waals surface area contributed by atoms with Gasteiger partial charge in [0.15, 0.2) is 0 Å². The van der Waals surface area contributed by atoms with Gasteiger partial charge in [0.2, 0.25) is 5.91 Å². The van der Waals surface area contributed by atoms with Crippen LogP contribution in [0.2, 0.25) is 0 Å². The maximum absolute atomic E-state index is 12.8. The van der Waals surface area contributed by atoms with Gasteiger partial charge in [-0.1, -0.05) is 48.3 Å². The van der Waals surface area contributed by atoms with Crippen LogP contribution < -0.4 is 10.9 Å². The van der Waals surface area contributed by atoms with Crippen molar-refractivity contribution in [2.45, 2.75) is 39.3 Å². The fraction of sp³-hybridized carbons (Fsp3) is 0.304. The van der Waals surface area contributed by atoms with Crippen LogP contribution in [0.3, 0.4) is 0 Å². The van der Waals surface area contributed by atoms with Crippen molar-refractivity contribution in [2.75, 3.05) is 0 Å². The first kappa shape index (κ1) is 21.2. The second kappa shape index (κ2) is 9.01. The SMILES string of the molecule is CCC(C)C(NC(=O)CCn1cnc2ccc(Br)cc2c1=O)c1nc2ccccc2[nH]1. The molecule has 2 heterocycles. The molecule has 31 heavy (non-hydrogen) atoms. The van der Waals surface area contributed by atoms with E-state index < -0.39 is 0 Å². The first-order valence-electron chi connectivity index (χ1n) is 10.3. The highest BCUT2D eigenvalue weighted by Crippen LogP contribution is 2.24. The Bertz CT molecular complexity index is 1260. The van der Waals surface area contributed by atoms with Gasteiger partial charge in [0.25, 0.3) is 5.56 Å². The Morgan fingerprint density at radius 1 is 1.23 bits per heavy atom. The van der Waals surface area contributed by atoms with Crippen LogP contribution in [0.1, 0.15) is 38.6 Å². The van der Waals surface area contributed by atoms with E-state index in [-0.39, 0.29) is 36.4 Å². The predicted octanol–water partition coefficient (Wildman–Crippen LogP) is 4.33. The highest BCUT2D eigenvalue weighted by molar-refractivity contribution is 9.10. The lowest BCUT2D eigenvalue weighted by Gasteiger charge is -2.22. The molecule has 0 radical (unpaired) electrons. The van der Waals surface area contributed by atoms with Crippen LogP contribution in [0, 0.1) is 5.92 Å². The maximum Gasteiger partial charge on any atom is 0.261 e. The number of carbonyl (C=O) groups is 1. The molecule has 0 bridgehead atoms. The number of benzene rings is 2. The van der Waals surface area contributed by atoms with Crippen molar-refractivity contribution in [3.8, 4) is 0 Å². The third-order valence-electron chi connectivity index (χ3n) is 5.60. The molecule has 4 aromatic rings. The van der Waals surface area contributed by atoms with Crippen molar-refractivity contribution in [1.29, 1.82) is 0 Å². The summed E-state index contributed by atoms with van der Waals surface area (Å²) in [7, 11) is 0. The van der Waals surface area contributed by atoms with E-state index in [9.17, 15) is 9.59 Å². The summed E-state index contributed by atoms with van der Waals surface area (Å²) in [5, 5.41) is 3.63. The molecule has 4 rings (SSSR count). The van der Waals surface area contributed by atoms with Gasteiger partial charge in [0.1, 0.15) is 5.82 Å². The van der Waals surface area contributed by atoms with Gasteiger partial charge >= 0.3 is 0 Å². The molecule has 2 unspecified atom stereocenters. The van der Waals surface area contributed by atoms with Gasteiger partial charge in [-0.05, 0) is 36.2 Å². The fourth-order valence-electron chi connectivity index (χ4n) is 3.59. The zero-order valence-corrected chi connectivity index (χ0v) is 19.0. The number of nitrogens with zero attached hydrogens (tertiary/aromatic N) is 3. The molecule has 0 aliphatic heterocycles. The first-order valence-corrected chi connectivity index (χ1v) is 11.1. The smallest absolute Gasteiger partial charge is 0.261 e. The van der Waals surface area contributed by atoms with Crippen LogP contribution in [0.25, 0.3) is 21.9 Å². The standard InChI is InChI=1S/C23H24BrN5O2/c1-3-14(2)21(22-26-18-6-4-5-7-19(18)27-22)28-20(30)10-11-29-13-25-17-9-8-15(24)12-16(17)23(29)31/h4-9,12-14,21H,3,10-11H2,1-2H3,(H,26,27)(H,28,30). The van der Waals surface area contributed by atoms with Crippen molar-refractivity contribution in [1.82, 2.24) is 24.8 Å². The number of imidazole rings is 1. The summed E-state index contributed by atoms with van der Waals surface area (Å²) in [5.74, 6) is 0.817. The van der Waals surface area contributed by atoms with Gasteiger partial charge in [-0.15, -0.1) is 0 Å². The number of hydrogen-bond donors (Lipinski definition) is 2. The number of aromatic amines is 1. The van der Waals surface area contributed by atoms with Crippen molar-refractivity contribution >= 4 is 43.8 Å². The Balaban J connectivity index is 1.50. The summed E-state index contributed by atoms with van der Waals surface area (Å²) in [5.41, 5.74) is 2.30. The van der Waals surface area contributed by atoms with Crippen molar-refractivity contribution in [3.63, 3.8) is 0 Å². The average Bonchev–Trinajstić information content (AvgIpc) is 3.20. The highest BCUT2D eigenvalue weighted by atomic mass is 79.9. The zero-order chi connectivity index (χ0) is 22.0. The third-order valence-corrected chi connectivity index (χ3v) is 6.09. The molecule has 160 valence electrons. The average molecular weight is 482 g/mol. The lowest BCUT2D eigenvalue weighted by Crippen LogP contribution is -2.34. The topological polar surface area (TPSA) is 92.7 Å². The molecular formula is C23H24BrN5O2. The number of hydrogen-bond acceptors (Lipinski definition) is 4. The molecule has 2 atom stereocenters. The van der Waals surface area contributed by atoms with Gasteiger partial charge in [-0.2, -0.15) is 0 Å². The Kier molecular flexibility index (Phi) is 6.18. The minimum Gasteiger partial charge on any atom is -0.346 e. The second-order valence-corrected chi connectivity index (χ2v) is 8.64. The summed E-state index contributed by atoms with van der Waals surface area (Å²) in [4.78, 5) is 37.8. The largest absolute Gasteiger partial charge is 0.346 e. The van der Waals surface area contributed by atoms with Crippen molar-refractivity contribution in [3.05, 3.63) is 69.4 Å². The number of fused-ring (bicyclic) bond motifs is 2. The summed E-state index contributed by atoms with van der Waals surface area (Å²) in [6.07, 6.45) is 2.57. The van der Waals surface area contributed by atoms with E-state index in [1.807, 2.05) is 30.3 Å². The molecule has 2 aromatic carbocycles. The van der Waals surface area contributed by atoms with E-state index in [1.54, 1.807) is 12.1 Å². The van der Waals surface area contributed by atoms with Crippen LogP contribution in [0.5, 0.6) is 0 Å². The zero-order valence-electron chi connectivity index (χ0n) is 17.4. The van der Waals surface area contributed by atoms with E-state index in [1.165, 1.54) is 10.9 Å². The molecule has 0 saturated carbocycles. The van der Waals surface area contributed by atoms with Gasteiger partial charge in [0.05, 0.1) is 34.3 Å². The number of rotatable bonds is 7. The number of carbonyl (C=O) groups excluding carboxylic acids is 1. The molecule has 0 aliphatic rings. The molecule has 2 aromatic heterocycles. The first-order chi connectivity index (χ1) is 15.0. The Morgan fingerprint density at radius 2 is 2.03 bits per heavy atom. The number of amides is 1. The number of para-hydroxylation sites is 2. The number of halogens is 1. The summed E-state index contributed by atoms with van der Waals surface area (Å²) in [6.45, 7) is 4.44. The fourth-order valence-corrected chi connectivity index (χ4v) is 3.95. The molecule has 8 heteroatoms. The van der Waals surface area contributed by atoms with E-state index in [0.717, 1.165) is 27.8 Å². The molecule has 7 nitrogen and oxygen atoms in total. The Hall–Kier alpha value is -3.00. The lowest BCUT2D eigenvalue weighted by molar-refractivity contribution is -0.122. The van der Waals surface area contributed by atoms with Crippen LogP contribution >= 0.6 is 15.9 Å². The lowest BCUT2D eigenvalue weighted by atomic mass is 9.98. The van der Waals surface area contributed by atoms with E-state index in [0.29, 0.717) is 10.9 Å². The molecule has 0 fully saturated rings. The molecule has 1 amide bonds. The Labute approximate surface area is 188 Å². The quantitative estimate of drug-likeness (QED) is 0.410.